The Hall–Kier alpha value is -3.91. The minimum Gasteiger partial charge on any atom is -0.494 e. The molecule has 0 aliphatic rings. The summed E-state index contributed by atoms with van der Waals surface area (Å²) in [5, 5.41) is 0.494. The molecule has 4 rings (SSSR count). The molecule has 176 valence electrons. The lowest BCUT2D eigenvalue weighted by Crippen LogP contribution is -2.39. The summed E-state index contributed by atoms with van der Waals surface area (Å²) in [6.45, 7) is 4.91. The molecule has 0 radical (unpaired) electrons. The molecule has 0 saturated heterocycles. The molecule has 8 nitrogen and oxygen atoms in total. The molecule has 0 spiro atoms. The standard InChI is InChI=1S/C26H27N3O5/c1-4-33-20-13-11-19(12-14-20)29-24(27-22-9-6-5-8-21(22)25(29)30)18(2)28(15-17-32-3)26(31)23-10-7-16-34-23/h5-14,16,18H,4,15,17H2,1-3H3. The van der Waals surface area contributed by atoms with Gasteiger partial charge in [0.1, 0.15) is 11.6 Å². The van der Waals surface area contributed by atoms with Crippen LogP contribution in [0.25, 0.3) is 16.6 Å². The van der Waals surface area contributed by atoms with Crippen molar-refractivity contribution in [2.45, 2.75) is 19.9 Å². The van der Waals surface area contributed by atoms with E-state index in [9.17, 15) is 9.59 Å². The number of aromatic nitrogens is 2. The van der Waals surface area contributed by atoms with E-state index in [-0.39, 0.29) is 17.2 Å². The number of rotatable bonds is 9. The van der Waals surface area contributed by atoms with Gasteiger partial charge in [0, 0.05) is 13.7 Å². The minimum atomic E-state index is -0.559. The Bertz CT molecular complexity index is 1310. The van der Waals surface area contributed by atoms with Crippen molar-refractivity contribution < 1.29 is 18.7 Å². The van der Waals surface area contributed by atoms with E-state index >= 15 is 0 Å². The van der Waals surface area contributed by atoms with Crippen LogP contribution < -0.4 is 10.3 Å². The van der Waals surface area contributed by atoms with Crippen molar-refractivity contribution in [2.75, 3.05) is 26.9 Å². The van der Waals surface area contributed by atoms with Crippen molar-refractivity contribution in [1.82, 2.24) is 14.5 Å². The van der Waals surface area contributed by atoms with Crippen LogP contribution >= 0.6 is 0 Å². The average Bonchev–Trinajstić information content (AvgIpc) is 3.40. The molecule has 8 heteroatoms. The summed E-state index contributed by atoms with van der Waals surface area (Å²) >= 11 is 0. The molecule has 0 aliphatic heterocycles. The maximum Gasteiger partial charge on any atom is 0.290 e. The number of ether oxygens (including phenoxy) is 2. The van der Waals surface area contributed by atoms with Crippen LogP contribution in [0.2, 0.25) is 0 Å². The van der Waals surface area contributed by atoms with Crippen molar-refractivity contribution >= 4 is 16.8 Å². The molecule has 1 amide bonds. The second-order valence-electron chi connectivity index (χ2n) is 7.70. The number of methoxy groups -OCH3 is 1. The van der Waals surface area contributed by atoms with Crippen LogP contribution in [0.4, 0.5) is 0 Å². The van der Waals surface area contributed by atoms with Crippen LogP contribution in [0.15, 0.2) is 76.1 Å². The van der Waals surface area contributed by atoms with Crippen LogP contribution in [0.5, 0.6) is 5.75 Å². The van der Waals surface area contributed by atoms with Gasteiger partial charge in [-0.3, -0.25) is 14.2 Å². The zero-order valence-electron chi connectivity index (χ0n) is 19.4. The average molecular weight is 462 g/mol. The van der Waals surface area contributed by atoms with E-state index < -0.39 is 6.04 Å². The van der Waals surface area contributed by atoms with Crippen molar-refractivity contribution in [3.8, 4) is 11.4 Å². The zero-order chi connectivity index (χ0) is 24.1. The van der Waals surface area contributed by atoms with Gasteiger partial charge in [-0.2, -0.15) is 0 Å². The largest absolute Gasteiger partial charge is 0.494 e. The van der Waals surface area contributed by atoms with Crippen molar-refractivity contribution in [3.63, 3.8) is 0 Å². The third kappa shape index (κ3) is 4.58. The van der Waals surface area contributed by atoms with E-state index in [1.54, 1.807) is 40.8 Å². The Balaban J connectivity index is 1.87. The fraction of sp³-hybridized carbons (Fsp3) is 0.269. The third-order valence-electron chi connectivity index (χ3n) is 5.58. The Labute approximate surface area is 197 Å². The lowest BCUT2D eigenvalue weighted by Gasteiger charge is -2.29. The van der Waals surface area contributed by atoms with Crippen LogP contribution in [0, 0.1) is 0 Å². The molecular formula is C26H27N3O5. The highest BCUT2D eigenvalue weighted by Crippen LogP contribution is 2.25. The third-order valence-corrected chi connectivity index (χ3v) is 5.58. The van der Waals surface area contributed by atoms with Gasteiger partial charge in [0.15, 0.2) is 5.76 Å². The first-order chi connectivity index (χ1) is 16.5. The lowest BCUT2D eigenvalue weighted by molar-refractivity contribution is 0.0574. The molecular weight excluding hydrogens is 434 g/mol. The predicted molar refractivity (Wildman–Crippen MR) is 129 cm³/mol. The first kappa shape index (κ1) is 23.3. The fourth-order valence-corrected chi connectivity index (χ4v) is 3.88. The summed E-state index contributed by atoms with van der Waals surface area (Å²) in [5.74, 6) is 1.04. The topological polar surface area (TPSA) is 86.8 Å². The van der Waals surface area contributed by atoms with Gasteiger partial charge in [0.25, 0.3) is 11.5 Å². The normalized spacial score (nSPS) is 12.0. The van der Waals surface area contributed by atoms with E-state index in [2.05, 4.69) is 0 Å². The van der Waals surface area contributed by atoms with Crippen LogP contribution in [-0.2, 0) is 4.74 Å². The fourth-order valence-electron chi connectivity index (χ4n) is 3.88. The van der Waals surface area contributed by atoms with E-state index in [4.69, 9.17) is 18.9 Å². The number of amides is 1. The first-order valence-corrected chi connectivity index (χ1v) is 11.1. The van der Waals surface area contributed by atoms with E-state index in [0.29, 0.717) is 47.9 Å². The number of hydrogen-bond donors (Lipinski definition) is 0. The quantitative estimate of drug-likeness (QED) is 0.371. The van der Waals surface area contributed by atoms with E-state index in [1.165, 1.54) is 6.26 Å². The van der Waals surface area contributed by atoms with Crippen LogP contribution in [-0.4, -0.2) is 47.2 Å². The summed E-state index contributed by atoms with van der Waals surface area (Å²) < 4.78 is 17.7. The second kappa shape index (κ2) is 10.4. The Morgan fingerprint density at radius 2 is 1.88 bits per heavy atom. The number of carbonyl (C=O) groups is 1. The molecule has 0 saturated carbocycles. The van der Waals surface area contributed by atoms with Crippen molar-refractivity contribution in [2.24, 2.45) is 0 Å². The number of fused-ring (bicyclic) bond motifs is 1. The van der Waals surface area contributed by atoms with Gasteiger partial charge in [-0.05, 0) is 62.4 Å². The maximum absolute atomic E-state index is 13.6. The summed E-state index contributed by atoms with van der Waals surface area (Å²) in [6.07, 6.45) is 1.45. The van der Waals surface area contributed by atoms with Gasteiger partial charge >= 0.3 is 0 Å². The van der Waals surface area contributed by atoms with Gasteiger partial charge < -0.3 is 18.8 Å². The van der Waals surface area contributed by atoms with Gasteiger partial charge in [-0.1, -0.05) is 12.1 Å². The predicted octanol–water partition coefficient (Wildman–Crippen LogP) is 4.23. The molecule has 2 aromatic carbocycles. The Morgan fingerprint density at radius 1 is 1.12 bits per heavy atom. The molecule has 0 N–H and O–H groups in total. The number of carbonyl (C=O) groups excluding carboxylic acids is 1. The first-order valence-electron chi connectivity index (χ1n) is 11.1. The Morgan fingerprint density at radius 3 is 2.56 bits per heavy atom. The highest BCUT2D eigenvalue weighted by atomic mass is 16.5. The number of nitrogens with zero attached hydrogens (tertiary/aromatic N) is 3. The number of hydrogen-bond acceptors (Lipinski definition) is 6. The van der Waals surface area contributed by atoms with E-state index in [0.717, 1.165) is 0 Å². The second-order valence-corrected chi connectivity index (χ2v) is 7.70. The maximum atomic E-state index is 13.6. The van der Waals surface area contributed by atoms with Crippen molar-refractivity contribution in [1.29, 1.82) is 0 Å². The molecule has 0 aliphatic carbocycles. The summed E-state index contributed by atoms with van der Waals surface area (Å²) in [6, 6.07) is 17.2. The van der Waals surface area contributed by atoms with Crippen LogP contribution in [0.1, 0.15) is 36.3 Å². The molecule has 2 heterocycles. The zero-order valence-corrected chi connectivity index (χ0v) is 19.4. The van der Waals surface area contributed by atoms with E-state index in [1.807, 2.05) is 50.2 Å². The highest BCUT2D eigenvalue weighted by Gasteiger charge is 2.28. The summed E-state index contributed by atoms with van der Waals surface area (Å²) in [4.78, 5) is 33.4. The number of benzene rings is 2. The number of furan rings is 1. The highest BCUT2D eigenvalue weighted by molar-refractivity contribution is 5.91. The summed E-state index contributed by atoms with van der Waals surface area (Å²) in [7, 11) is 1.57. The van der Waals surface area contributed by atoms with Crippen molar-refractivity contribution in [3.05, 3.63) is 88.9 Å². The van der Waals surface area contributed by atoms with Crippen LogP contribution in [0.3, 0.4) is 0 Å². The molecule has 34 heavy (non-hydrogen) atoms. The molecule has 2 aromatic heterocycles. The summed E-state index contributed by atoms with van der Waals surface area (Å²) in [5.41, 5.74) is 0.980. The molecule has 1 atom stereocenters. The minimum absolute atomic E-state index is 0.207. The molecule has 0 bridgehead atoms. The number of para-hydroxylation sites is 1. The Kier molecular flexibility index (Phi) is 7.08. The monoisotopic (exact) mass is 461 g/mol. The molecule has 0 fully saturated rings. The molecule has 4 aromatic rings. The smallest absolute Gasteiger partial charge is 0.290 e. The molecule has 1 unspecified atom stereocenters. The van der Waals surface area contributed by atoms with Gasteiger partial charge in [-0.15, -0.1) is 0 Å². The van der Waals surface area contributed by atoms with Gasteiger partial charge in [-0.25, -0.2) is 4.98 Å². The van der Waals surface area contributed by atoms with Gasteiger partial charge in [0.05, 0.1) is 42.1 Å². The SMILES string of the molecule is CCOc1ccc(-n2c(C(C)N(CCOC)C(=O)c3ccco3)nc3ccccc3c2=O)cc1. The van der Waals surface area contributed by atoms with Gasteiger partial charge in [0.2, 0.25) is 0 Å². The lowest BCUT2D eigenvalue weighted by atomic mass is 10.1.